The summed E-state index contributed by atoms with van der Waals surface area (Å²) in [5.41, 5.74) is 1.66. The number of carbonyl (C=O) groups is 1. The van der Waals surface area contributed by atoms with Crippen LogP contribution in [0, 0.1) is 5.82 Å². The lowest BCUT2D eigenvalue weighted by Gasteiger charge is -2.14. The first-order valence-electron chi connectivity index (χ1n) is 7.42. The molecule has 0 saturated heterocycles. The highest BCUT2D eigenvalue weighted by Crippen LogP contribution is 2.16. The molecule has 0 fully saturated rings. The molecule has 3 N–H and O–H groups in total. The van der Waals surface area contributed by atoms with E-state index < -0.39 is 10.0 Å². The summed E-state index contributed by atoms with van der Waals surface area (Å²) in [7, 11) is -3.72. The first kappa shape index (κ1) is 18.1. The number of nitrogens with two attached hydrogens (primary N) is 1. The monoisotopic (exact) mass is 350 g/mol. The molecule has 0 spiro atoms. The van der Waals surface area contributed by atoms with E-state index in [2.05, 4.69) is 5.32 Å². The Kier molecular flexibility index (Phi) is 5.69. The Hall–Kier alpha value is -2.25. The van der Waals surface area contributed by atoms with E-state index in [1.165, 1.54) is 24.3 Å². The van der Waals surface area contributed by atoms with E-state index in [4.69, 9.17) is 5.14 Å². The van der Waals surface area contributed by atoms with Gasteiger partial charge in [-0.15, -0.1) is 0 Å². The Bertz CT molecular complexity index is 803. The lowest BCUT2D eigenvalue weighted by Crippen LogP contribution is -2.26. The molecule has 2 aromatic rings. The van der Waals surface area contributed by atoms with Crippen LogP contribution in [-0.2, 0) is 21.2 Å². The molecular weight excluding hydrogens is 331 g/mol. The van der Waals surface area contributed by atoms with Crippen molar-refractivity contribution < 1.29 is 17.6 Å². The van der Waals surface area contributed by atoms with Gasteiger partial charge in [0, 0.05) is 6.42 Å². The van der Waals surface area contributed by atoms with E-state index in [9.17, 15) is 17.6 Å². The second-order valence-electron chi connectivity index (χ2n) is 5.53. The van der Waals surface area contributed by atoms with Crippen molar-refractivity contribution in [2.24, 2.45) is 5.14 Å². The number of hydrogen-bond acceptors (Lipinski definition) is 3. The van der Waals surface area contributed by atoms with Crippen LogP contribution in [-0.4, -0.2) is 14.3 Å². The molecule has 1 atom stereocenters. The van der Waals surface area contributed by atoms with Crippen LogP contribution in [0.1, 0.15) is 30.5 Å². The molecule has 1 unspecified atom stereocenters. The van der Waals surface area contributed by atoms with Crippen LogP contribution in [0.5, 0.6) is 0 Å². The summed E-state index contributed by atoms with van der Waals surface area (Å²) in [6.07, 6.45) is 0.800. The van der Waals surface area contributed by atoms with Crippen molar-refractivity contribution in [3.05, 3.63) is 65.5 Å². The maximum Gasteiger partial charge on any atom is 0.238 e. The van der Waals surface area contributed by atoms with Crippen molar-refractivity contribution >= 4 is 15.9 Å². The number of aryl methyl sites for hydroxylation is 1. The first-order chi connectivity index (χ1) is 11.3. The Morgan fingerprint density at radius 2 is 1.71 bits per heavy atom. The molecule has 0 aliphatic heterocycles. The van der Waals surface area contributed by atoms with Crippen LogP contribution in [0.3, 0.4) is 0 Å². The molecule has 0 aliphatic carbocycles. The minimum atomic E-state index is -3.72. The first-order valence-corrected chi connectivity index (χ1v) is 8.97. The molecular formula is C17H19FN2O3S. The molecule has 7 heteroatoms. The van der Waals surface area contributed by atoms with Gasteiger partial charge in [-0.3, -0.25) is 4.79 Å². The lowest BCUT2D eigenvalue weighted by molar-refractivity contribution is -0.121. The van der Waals surface area contributed by atoms with Crippen LogP contribution in [0.4, 0.5) is 4.39 Å². The van der Waals surface area contributed by atoms with E-state index in [-0.39, 0.29) is 29.1 Å². The number of carbonyl (C=O) groups excluding carboxylic acids is 1. The molecule has 5 nitrogen and oxygen atoms in total. The third kappa shape index (κ3) is 5.14. The Labute approximate surface area is 140 Å². The van der Waals surface area contributed by atoms with Gasteiger partial charge in [0.05, 0.1) is 10.9 Å². The van der Waals surface area contributed by atoms with E-state index >= 15 is 0 Å². The van der Waals surface area contributed by atoms with Gasteiger partial charge in [0.15, 0.2) is 0 Å². The molecule has 2 rings (SSSR count). The van der Waals surface area contributed by atoms with Gasteiger partial charge < -0.3 is 5.32 Å². The van der Waals surface area contributed by atoms with Crippen molar-refractivity contribution in [3.63, 3.8) is 0 Å². The van der Waals surface area contributed by atoms with Gasteiger partial charge in [-0.1, -0.05) is 24.3 Å². The zero-order valence-electron chi connectivity index (χ0n) is 13.2. The Morgan fingerprint density at radius 3 is 2.25 bits per heavy atom. The molecule has 0 bridgehead atoms. The summed E-state index contributed by atoms with van der Waals surface area (Å²) in [6, 6.07) is 11.8. The van der Waals surface area contributed by atoms with Gasteiger partial charge >= 0.3 is 0 Å². The van der Waals surface area contributed by atoms with Crippen molar-refractivity contribution in [1.29, 1.82) is 0 Å². The number of rotatable bonds is 6. The van der Waals surface area contributed by atoms with E-state index in [1.54, 1.807) is 24.3 Å². The number of sulfonamides is 1. The number of benzene rings is 2. The number of hydrogen-bond donors (Lipinski definition) is 2. The zero-order chi connectivity index (χ0) is 17.7. The van der Waals surface area contributed by atoms with Gasteiger partial charge in [-0.05, 0) is 48.7 Å². The molecule has 1 amide bonds. The number of amides is 1. The summed E-state index contributed by atoms with van der Waals surface area (Å²) in [4.78, 5) is 12.0. The van der Waals surface area contributed by atoms with Gasteiger partial charge in [0.2, 0.25) is 15.9 Å². The number of primary sulfonamides is 1. The standard InChI is InChI=1S/C17H19FN2O3S/c1-12(14-5-9-16(10-6-14)24(19,22)23)20-17(21)11-4-13-2-7-15(18)8-3-13/h2-3,5-10,12H,4,11H2,1H3,(H,20,21)(H2,19,22,23). The van der Waals surface area contributed by atoms with Crippen LogP contribution in [0.15, 0.2) is 53.4 Å². The maximum absolute atomic E-state index is 12.8. The van der Waals surface area contributed by atoms with Crippen molar-refractivity contribution in [2.75, 3.05) is 0 Å². The predicted molar refractivity (Wildman–Crippen MR) is 89.1 cm³/mol. The third-order valence-corrected chi connectivity index (χ3v) is 4.57. The van der Waals surface area contributed by atoms with Crippen molar-refractivity contribution in [1.82, 2.24) is 5.32 Å². The highest BCUT2D eigenvalue weighted by Gasteiger charge is 2.12. The minimum Gasteiger partial charge on any atom is -0.350 e. The average Bonchev–Trinajstić information content (AvgIpc) is 2.53. The largest absolute Gasteiger partial charge is 0.350 e. The van der Waals surface area contributed by atoms with E-state index in [0.29, 0.717) is 6.42 Å². The van der Waals surface area contributed by atoms with Crippen molar-refractivity contribution in [3.8, 4) is 0 Å². The molecule has 0 radical (unpaired) electrons. The SMILES string of the molecule is CC(NC(=O)CCc1ccc(F)cc1)c1ccc(S(N)(=O)=O)cc1. The smallest absolute Gasteiger partial charge is 0.238 e. The van der Waals surface area contributed by atoms with E-state index in [0.717, 1.165) is 11.1 Å². The fourth-order valence-corrected chi connectivity index (χ4v) is 2.77. The van der Waals surface area contributed by atoms with Crippen LogP contribution in [0.25, 0.3) is 0 Å². The normalized spacial score (nSPS) is 12.6. The molecule has 0 saturated carbocycles. The fourth-order valence-electron chi connectivity index (χ4n) is 2.25. The molecule has 128 valence electrons. The maximum atomic E-state index is 12.8. The van der Waals surface area contributed by atoms with Crippen LogP contribution >= 0.6 is 0 Å². The van der Waals surface area contributed by atoms with E-state index in [1.807, 2.05) is 6.92 Å². The van der Waals surface area contributed by atoms with Crippen LogP contribution in [0.2, 0.25) is 0 Å². The summed E-state index contributed by atoms with van der Waals surface area (Å²) in [5.74, 6) is -0.442. The van der Waals surface area contributed by atoms with Gasteiger partial charge in [-0.25, -0.2) is 17.9 Å². The van der Waals surface area contributed by atoms with Gasteiger partial charge in [0.1, 0.15) is 5.82 Å². The minimum absolute atomic E-state index is 0.0288. The summed E-state index contributed by atoms with van der Waals surface area (Å²) < 4.78 is 35.3. The molecule has 0 aliphatic rings. The zero-order valence-corrected chi connectivity index (χ0v) is 14.0. The lowest BCUT2D eigenvalue weighted by atomic mass is 10.1. The fraction of sp³-hybridized carbons (Fsp3) is 0.235. The summed E-state index contributed by atoms with van der Waals surface area (Å²) in [5, 5.41) is 7.89. The Balaban J connectivity index is 1.90. The van der Waals surface area contributed by atoms with Crippen LogP contribution < -0.4 is 10.5 Å². The third-order valence-electron chi connectivity index (χ3n) is 3.64. The molecule has 24 heavy (non-hydrogen) atoms. The van der Waals surface area contributed by atoms with Gasteiger partial charge in [-0.2, -0.15) is 0 Å². The second kappa shape index (κ2) is 7.55. The number of halogens is 1. The number of nitrogens with one attached hydrogen (secondary N) is 1. The molecule has 0 heterocycles. The highest BCUT2D eigenvalue weighted by molar-refractivity contribution is 7.89. The van der Waals surface area contributed by atoms with Gasteiger partial charge in [0.25, 0.3) is 0 Å². The average molecular weight is 350 g/mol. The highest BCUT2D eigenvalue weighted by atomic mass is 32.2. The predicted octanol–water partition coefficient (Wildman–Crippen LogP) is 2.28. The molecule has 2 aromatic carbocycles. The summed E-state index contributed by atoms with van der Waals surface area (Å²) in [6.45, 7) is 1.81. The van der Waals surface area contributed by atoms with Crippen molar-refractivity contribution in [2.45, 2.75) is 30.7 Å². The second-order valence-corrected chi connectivity index (χ2v) is 7.09. The molecule has 0 aromatic heterocycles. The Morgan fingerprint density at radius 1 is 1.12 bits per heavy atom. The topological polar surface area (TPSA) is 89.3 Å². The quantitative estimate of drug-likeness (QED) is 0.837. The summed E-state index contributed by atoms with van der Waals surface area (Å²) >= 11 is 0.